The maximum atomic E-state index is 13.2. The Hall–Kier alpha value is -2.83. The van der Waals surface area contributed by atoms with Crippen molar-refractivity contribution in [1.82, 2.24) is 19.9 Å². The minimum absolute atomic E-state index is 0.128. The van der Waals surface area contributed by atoms with E-state index < -0.39 is 0 Å². The third-order valence-corrected chi connectivity index (χ3v) is 7.47. The van der Waals surface area contributed by atoms with Gasteiger partial charge in [-0.1, -0.05) is 36.4 Å². The molecule has 5 rings (SSSR count). The molecular formula is C26H28N4OS. The van der Waals surface area contributed by atoms with E-state index in [1.165, 1.54) is 21.6 Å². The smallest absolute Gasteiger partial charge is 0.262 e. The number of nitrogens with zero attached hydrogens (tertiary/aromatic N) is 3. The van der Waals surface area contributed by atoms with Crippen LogP contribution in [0.3, 0.4) is 0 Å². The van der Waals surface area contributed by atoms with Gasteiger partial charge >= 0.3 is 0 Å². The number of hydrogen-bond acceptors (Lipinski definition) is 5. The molecule has 0 aliphatic heterocycles. The zero-order chi connectivity index (χ0) is 21.8. The monoisotopic (exact) mass is 444 g/mol. The van der Waals surface area contributed by atoms with Crippen LogP contribution in [0.1, 0.15) is 34.4 Å². The van der Waals surface area contributed by atoms with Gasteiger partial charge in [0.05, 0.1) is 11.7 Å². The molecule has 0 bridgehead atoms. The second kappa shape index (κ2) is 9.76. The molecule has 5 nitrogen and oxygen atoms in total. The van der Waals surface area contributed by atoms with E-state index in [0.717, 1.165) is 55.3 Å². The Bertz CT molecular complexity index is 1230. The fourth-order valence-electron chi connectivity index (χ4n) is 4.60. The maximum absolute atomic E-state index is 13.2. The molecule has 0 fully saturated rings. The highest BCUT2D eigenvalue weighted by Crippen LogP contribution is 2.33. The molecule has 164 valence electrons. The minimum Gasteiger partial charge on any atom is -0.313 e. The predicted octanol–water partition coefficient (Wildman–Crippen LogP) is 4.18. The molecule has 1 aliphatic rings. The van der Waals surface area contributed by atoms with Crippen molar-refractivity contribution in [2.75, 3.05) is 6.54 Å². The van der Waals surface area contributed by atoms with Gasteiger partial charge in [-0.2, -0.15) is 0 Å². The number of hydrogen-bond donors (Lipinski definition) is 1. The lowest BCUT2D eigenvalue weighted by Crippen LogP contribution is -2.35. The summed E-state index contributed by atoms with van der Waals surface area (Å²) in [6, 6.07) is 15.0. The first-order valence-electron chi connectivity index (χ1n) is 11.4. The zero-order valence-electron chi connectivity index (χ0n) is 18.2. The lowest BCUT2D eigenvalue weighted by Gasteiger charge is -2.23. The van der Waals surface area contributed by atoms with Crippen molar-refractivity contribution in [1.29, 1.82) is 0 Å². The summed E-state index contributed by atoms with van der Waals surface area (Å²) in [6.45, 7) is 1.66. The molecule has 0 spiro atoms. The summed E-state index contributed by atoms with van der Waals surface area (Å²) in [6.07, 6.45) is 11.4. The first-order chi connectivity index (χ1) is 15.8. The largest absolute Gasteiger partial charge is 0.313 e. The van der Waals surface area contributed by atoms with Crippen LogP contribution in [0.2, 0.25) is 0 Å². The predicted molar refractivity (Wildman–Crippen MR) is 130 cm³/mol. The quantitative estimate of drug-likeness (QED) is 0.443. The van der Waals surface area contributed by atoms with Crippen LogP contribution in [-0.2, 0) is 32.2 Å². The molecule has 0 saturated heterocycles. The Morgan fingerprint density at radius 1 is 1.09 bits per heavy atom. The summed E-state index contributed by atoms with van der Waals surface area (Å²) < 4.78 is 1.80. The summed E-state index contributed by atoms with van der Waals surface area (Å²) in [7, 11) is 0. The first kappa shape index (κ1) is 21.0. The third kappa shape index (κ3) is 4.66. The van der Waals surface area contributed by atoms with Crippen LogP contribution in [0.25, 0.3) is 10.2 Å². The molecule has 1 aliphatic carbocycles. The van der Waals surface area contributed by atoms with Gasteiger partial charge < -0.3 is 5.32 Å². The molecule has 0 radical (unpaired) electrons. The second-order valence-corrected chi connectivity index (χ2v) is 9.60. The van der Waals surface area contributed by atoms with Crippen molar-refractivity contribution in [3.63, 3.8) is 0 Å². The van der Waals surface area contributed by atoms with E-state index in [1.54, 1.807) is 22.2 Å². The summed E-state index contributed by atoms with van der Waals surface area (Å²) in [5.74, 6) is 0. The van der Waals surface area contributed by atoms with E-state index in [4.69, 9.17) is 0 Å². The van der Waals surface area contributed by atoms with Crippen LogP contribution in [0, 0.1) is 0 Å². The van der Waals surface area contributed by atoms with E-state index in [2.05, 4.69) is 45.6 Å². The zero-order valence-corrected chi connectivity index (χ0v) is 19.0. The van der Waals surface area contributed by atoms with Crippen LogP contribution in [0.4, 0.5) is 0 Å². The van der Waals surface area contributed by atoms with Gasteiger partial charge in [0.1, 0.15) is 4.83 Å². The summed E-state index contributed by atoms with van der Waals surface area (Å²) in [5, 5.41) is 4.56. The highest BCUT2D eigenvalue weighted by atomic mass is 32.1. The molecule has 1 atom stereocenters. The Balaban J connectivity index is 1.24. The average molecular weight is 445 g/mol. The third-order valence-electron chi connectivity index (χ3n) is 6.31. The number of aryl methyl sites for hydroxylation is 3. The van der Waals surface area contributed by atoms with Crippen LogP contribution in [0.5, 0.6) is 0 Å². The standard InChI is InChI=1S/C26H28N4OS/c31-26-24-22-11-10-21(28-14-12-20-8-4-13-27-17-20)16-23(22)32-25(24)29-18-30(26)15-5-9-19-6-2-1-3-7-19/h1-4,6-8,13,17-18,21,28H,5,9-12,14-16H2. The van der Waals surface area contributed by atoms with Gasteiger partial charge in [0.25, 0.3) is 5.56 Å². The number of benzene rings is 1. The number of pyridine rings is 1. The Labute approximate surface area is 192 Å². The lowest BCUT2D eigenvalue weighted by molar-refractivity contribution is 0.466. The molecule has 3 aromatic heterocycles. The van der Waals surface area contributed by atoms with Crippen molar-refractivity contribution in [2.45, 2.75) is 51.1 Å². The highest BCUT2D eigenvalue weighted by Gasteiger charge is 2.25. The van der Waals surface area contributed by atoms with Crippen molar-refractivity contribution in [2.24, 2.45) is 0 Å². The Kier molecular flexibility index (Phi) is 6.41. The number of thiophene rings is 1. The van der Waals surface area contributed by atoms with Gasteiger partial charge in [0.15, 0.2) is 0 Å². The normalized spacial score (nSPS) is 15.7. The molecule has 32 heavy (non-hydrogen) atoms. The molecule has 1 aromatic carbocycles. The number of nitrogens with one attached hydrogen (secondary N) is 1. The van der Waals surface area contributed by atoms with Crippen molar-refractivity contribution in [3.8, 4) is 0 Å². The fourth-order valence-corrected chi connectivity index (χ4v) is 5.86. The van der Waals surface area contributed by atoms with Gasteiger partial charge in [0, 0.05) is 29.9 Å². The Morgan fingerprint density at radius 3 is 2.81 bits per heavy atom. The highest BCUT2D eigenvalue weighted by molar-refractivity contribution is 7.18. The topological polar surface area (TPSA) is 59.8 Å². The van der Waals surface area contributed by atoms with Crippen molar-refractivity contribution >= 4 is 21.6 Å². The molecule has 1 unspecified atom stereocenters. The van der Waals surface area contributed by atoms with Gasteiger partial charge in [0.2, 0.25) is 0 Å². The number of aromatic nitrogens is 3. The Morgan fingerprint density at radius 2 is 1.97 bits per heavy atom. The molecule has 6 heteroatoms. The van der Waals surface area contributed by atoms with Gasteiger partial charge in [-0.25, -0.2) is 4.98 Å². The van der Waals surface area contributed by atoms with E-state index in [1.807, 2.05) is 24.5 Å². The summed E-state index contributed by atoms with van der Waals surface area (Å²) in [4.78, 5) is 24.3. The maximum Gasteiger partial charge on any atom is 0.262 e. The van der Waals surface area contributed by atoms with Crippen molar-refractivity contribution in [3.05, 3.63) is 93.1 Å². The van der Waals surface area contributed by atoms with Gasteiger partial charge in [-0.3, -0.25) is 14.3 Å². The first-order valence-corrected chi connectivity index (χ1v) is 12.3. The van der Waals surface area contributed by atoms with Crippen LogP contribution in [0.15, 0.2) is 66.0 Å². The van der Waals surface area contributed by atoms with E-state index in [9.17, 15) is 4.79 Å². The van der Waals surface area contributed by atoms with E-state index in [-0.39, 0.29) is 5.56 Å². The molecule has 4 aromatic rings. The van der Waals surface area contributed by atoms with Crippen LogP contribution in [-0.4, -0.2) is 27.1 Å². The number of rotatable bonds is 8. The molecule has 3 heterocycles. The van der Waals surface area contributed by atoms with Crippen LogP contribution >= 0.6 is 11.3 Å². The van der Waals surface area contributed by atoms with Crippen LogP contribution < -0.4 is 10.9 Å². The molecule has 0 amide bonds. The SMILES string of the molecule is O=c1c2c3c(sc2ncn1CCCc1ccccc1)CC(NCCc1cccnc1)CC3. The molecular weight excluding hydrogens is 416 g/mol. The molecule has 0 saturated carbocycles. The average Bonchev–Trinajstić information content (AvgIpc) is 3.20. The fraction of sp³-hybridized carbons (Fsp3) is 0.346. The molecule has 1 N–H and O–H groups in total. The van der Waals surface area contributed by atoms with Gasteiger partial charge in [-0.15, -0.1) is 11.3 Å². The van der Waals surface area contributed by atoms with Gasteiger partial charge in [-0.05, 0) is 67.8 Å². The lowest BCUT2D eigenvalue weighted by atomic mass is 9.93. The van der Waals surface area contributed by atoms with Crippen molar-refractivity contribution < 1.29 is 0 Å². The summed E-state index contributed by atoms with van der Waals surface area (Å²) in [5.41, 5.74) is 3.94. The van der Waals surface area contributed by atoms with E-state index in [0.29, 0.717) is 12.6 Å². The minimum atomic E-state index is 0.128. The van der Waals surface area contributed by atoms with E-state index >= 15 is 0 Å². The summed E-state index contributed by atoms with van der Waals surface area (Å²) >= 11 is 1.70. The number of fused-ring (bicyclic) bond motifs is 3. The second-order valence-electron chi connectivity index (χ2n) is 8.52.